The molecular formula is C24H24O2. The first kappa shape index (κ1) is 16.8. The molecule has 1 aliphatic heterocycles. The smallest absolute Gasteiger partial charge is 0.170 e. The summed E-state index contributed by atoms with van der Waals surface area (Å²) in [6.45, 7) is 2.30. The lowest BCUT2D eigenvalue weighted by molar-refractivity contribution is 0.0835. The Morgan fingerprint density at radius 3 is 2.69 bits per heavy atom. The van der Waals surface area contributed by atoms with E-state index in [1.165, 1.54) is 16.3 Å². The average molecular weight is 344 g/mol. The molecule has 0 amide bonds. The minimum atomic E-state index is 0.0112. The van der Waals surface area contributed by atoms with Gasteiger partial charge in [0.2, 0.25) is 0 Å². The Balaban J connectivity index is 1.38. The topological polar surface area (TPSA) is 26.3 Å². The van der Waals surface area contributed by atoms with Crippen LogP contribution in [0.1, 0.15) is 54.4 Å². The summed E-state index contributed by atoms with van der Waals surface area (Å²) >= 11 is 0. The lowest BCUT2D eigenvalue weighted by Crippen LogP contribution is -2.26. The summed E-state index contributed by atoms with van der Waals surface area (Å²) in [6.07, 6.45) is 3.60. The Bertz CT molecular complexity index is 923. The van der Waals surface area contributed by atoms with E-state index in [0.29, 0.717) is 12.3 Å². The molecule has 1 heterocycles. The fourth-order valence-corrected chi connectivity index (χ4v) is 3.99. The van der Waals surface area contributed by atoms with Gasteiger partial charge >= 0.3 is 0 Å². The molecule has 0 unspecified atom stereocenters. The third kappa shape index (κ3) is 3.37. The van der Waals surface area contributed by atoms with Crippen molar-refractivity contribution in [1.82, 2.24) is 0 Å². The number of para-hydroxylation sites is 1. The van der Waals surface area contributed by atoms with Crippen LogP contribution in [-0.4, -0.2) is 11.9 Å². The summed E-state index contributed by atoms with van der Waals surface area (Å²) < 4.78 is 6.04. The highest BCUT2D eigenvalue weighted by Crippen LogP contribution is 2.32. The molecule has 4 rings (SSSR count). The highest BCUT2D eigenvalue weighted by atomic mass is 16.5. The SMILES string of the molecule is C[C@@H](CCC[C@H]1CC(=O)c2ccccc2O1)c1cccc2ccccc12. The molecule has 0 aromatic heterocycles. The monoisotopic (exact) mass is 344 g/mol. The second kappa shape index (κ2) is 7.33. The summed E-state index contributed by atoms with van der Waals surface area (Å²) in [7, 11) is 0. The zero-order valence-electron chi connectivity index (χ0n) is 15.2. The van der Waals surface area contributed by atoms with Crippen LogP contribution in [-0.2, 0) is 0 Å². The van der Waals surface area contributed by atoms with E-state index in [0.717, 1.165) is 30.6 Å². The van der Waals surface area contributed by atoms with Crippen molar-refractivity contribution in [2.24, 2.45) is 0 Å². The molecule has 0 aliphatic carbocycles. The number of benzene rings is 3. The summed E-state index contributed by atoms with van der Waals surface area (Å²) in [6, 6.07) is 22.7. The standard InChI is InChI=1S/C24H24O2/c1-17(20-14-7-10-18-9-2-3-12-21(18)20)8-6-11-19-16-23(25)22-13-4-5-15-24(22)26-19/h2-5,7,9-10,12-15,17,19H,6,8,11,16H2,1H3/t17-,19-/m0/s1. The second-order valence-corrected chi connectivity index (χ2v) is 7.26. The molecule has 132 valence electrons. The fraction of sp³-hybridized carbons (Fsp3) is 0.292. The number of hydrogen-bond donors (Lipinski definition) is 0. The van der Waals surface area contributed by atoms with E-state index in [2.05, 4.69) is 49.4 Å². The van der Waals surface area contributed by atoms with Crippen LogP contribution < -0.4 is 4.74 Å². The molecule has 0 spiro atoms. The minimum Gasteiger partial charge on any atom is -0.489 e. The molecule has 2 heteroatoms. The van der Waals surface area contributed by atoms with Gasteiger partial charge in [-0.15, -0.1) is 0 Å². The van der Waals surface area contributed by atoms with Gasteiger partial charge in [0.15, 0.2) is 5.78 Å². The molecule has 3 aromatic carbocycles. The molecular weight excluding hydrogens is 320 g/mol. The number of ketones is 1. The fourth-order valence-electron chi connectivity index (χ4n) is 3.99. The van der Waals surface area contributed by atoms with Gasteiger partial charge in [-0.3, -0.25) is 4.79 Å². The highest BCUT2D eigenvalue weighted by molar-refractivity contribution is 5.99. The van der Waals surface area contributed by atoms with Gasteiger partial charge in [0.05, 0.1) is 5.56 Å². The summed E-state index contributed by atoms with van der Waals surface area (Å²) in [5, 5.41) is 2.65. The first-order valence-corrected chi connectivity index (χ1v) is 9.49. The number of rotatable bonds is 5. The molecule has 0 radical (unpaired) electrons. The van der Waals surface area contributed by atoms with Gasteiger partial charge in [-0.2, -0.15) is 0 Å². The van der Waals surface area contributed by atoms with E-state index in [4.69, 9.17) is 4.74 Å². The van der Waals surface area contributed by atoms with Crippen LogP contribution in [0.5, 0.6) is 5.75 Å². The maximum absolute atomic E-state index is 12.3. The predicted molar refractivity (Wildman–Crippen MR) is 106 cm³/mol. The Kier molecular flexibility index (Phi) is 4.75. The number of carbonyl (C=O) groups is 1. The Hall–Kier alpha value is -2.61. The van der Waals surface area contributed by atoms with E-state index in [1.54, 1.807) is 0 Å². The predicted octanol–water partition coefficient (Wildman–Crippen LogP) is 6.15. The first-order chi connectivity index (χ1) is 12.7. The van der Waals surface area contributed by atoms with Gasteiger partial charge in [-0.1, -0.05) is 61.5 Å². The number of fused-ring (bicyclic) bond motifs is 2. The van der Waals surface area contributed by atoms with E-state index >= 15 is 0 Å². The third-order valence-corrected chi connectivity index (χ3v) is 5.41. The summed E-state index contributed by atoms with van der Waals surface area (Å²) in [4.78, 5) is 12.3. The maximum atomic E-state index is 12.3. The molecule has 0 fully saturated rings. The van der Waals surface area contributed by atoms with Crippen molar-refractivity contribution in [1.29, 1.82) is 0 Å². The number of ether oxygens (including phenoxy) is 1. The van der Waals surface area contributed by atoms with Crippen LogP contribution in [0, 0.1) is 0 Å². The average Bonchev–Trinajstić information content (AvgIpc) is 2.67. The number of hydrogen-bond acceptors (Lipinski definition) is 2. The van der Waals surface area contributed by atoms with Crippen LogP contribution in [0.15, 0.2) is 66.7 Å². The van der Waals surface area contributed by atoms with Crippen molar-refractivity contribution in [2.75, 3.05) is 0 Å². The quantitative estimate of drug-likeness (QED) is 0.555. The van der Waals surface area contributed by atoms with Gasteiger partial charge in [-0.25, -0.2) is 0 Å². The Labute approximate surface area is 154 Å². The van der Waals surface area contributed by atoms with Gasteiger partial charge in [0.25, 0.3) is 0 Å². The first-order valence-electron chi connectivity index (χ1n) is 9.49. The van der Waals surface area contributed by atoms with Crippen molar-refractivity contribution < 1.29 is 9.53 Å². The van der Waals surface area contributed by atoms with E-state index in [-0.39, 0.29) is 11.9 Å². The van der Waals surface area contributed by atoms with Crippen molar-refractivity contribution in [3.63, 3.8) is 0 Å². The molecule has 0 bridgehead atoms. The lowest BCUT2D eigenvalue weighted by Gasteiger charge is -2.25. The van der Waals surface area contributed by atoms with Gasteiger partial charge in [0.1, 0.15) is 11.9 Å². The molecule has 3 aromatic rings. The van der Waals surface area contributed by atoms with Crippen LogP contribution in [0.4, 0.5) is 0 Å². The van der Waals surface area contributed by atoms with Crippen LogP contribution in [0.25, 0.3) is 10.8 Å². The van der Waals surface area contributed by atoms with Gasteiger partial charge in [-0.05, 0) is 53.6 Å². The van der Waals surface area contributed by atoms with Crippen molar-refractivity contribution in [2.45, 2.75) is 44.6 Å². The van der Waals surface area contributed by atoms with Gasteiger partial charge < -0.3 is 4.74 Å². The maximum Gasteiger partial charge on any atom is 0.170 e. The van der Waals surface area contributed by atoms with E-state index < -0.39 is 0 Å². The normalized spacial score (nSPS) is 17.6. The van der Waals surface area contributed by atoms with Crippen LogP contribution >= 0.6 is 0 Å². The Morgan fingerprint density at radius 1 is 1.00 bits per heavy atom. The molecule has 2 atom stereocenters. The lowest BCUT2D eigenvalue weighted by atomic mass is 9.90. The van der Waals surface area contributed by atoms with Crippen molar-refractivity contribution in [3.05, 3.63) is 77.9 Å². The molecule has 0 N–H and O–H groups in total. The third-order valence-electron chi connectivity index (χ3n) is 5.41. The van der Waals surface area contributed by atoms with E-state index in [1.807, 2.05) is 24.3 Å². The molecule has 1 aliphatic rings. The highest BCUT2D eigenvalue weighted by Gasteiger charge is 2.25. The van der Waals surface area contributed by atoms with Gasteiger partial charge in [0, 0.05) is 6.42 Å². The number of Topliss-reactive ketones (excluding diaryl/α,β-unsaturated/α-hetero) is 1. The zero-order chi connectivity index (χ0) is 17.9. The molecule has 0 saturated heterocycles. The second-order valence-electron chi connectivity index (χ2n) is 7.26. The van der Waals surface area contributed by atoms with Crippen molar-refractivity contribution in [3.8, 4) is 5.75 Å². The minimum absolute atomic E-state index is 0.0112. The largest absolute Gasteiger partial charge is 0.489 e. The van der Waals surface area contributed by atoms with Crippen molar-refractivity contribution >= 4 is 16.6 Å². The number of carbonyl (C=O) groups excluding carboxylic acids is 1. The summed E-state index contributed by atoms with van der Waals surface area (Å²) in [5.41, 5.74) is 2.14. The van der Waals surface area contributed by atoms with Crippen LogP contribution in [0.2, 0.25) is 0 Å². The summed E-state index contributed by atoms with van der Waals surface area (Å²) in [5.74, 6) is 1.45. The molecule has 26 heavy (non-hydrogen) atoms. The van der Waals surface area contributed by atoms with Crippen LogP contribution in [0.3, 0.4) is 0 Å². The van der Waals surface area contributed by atoms with E-state index in [9.17, 15) is 4.79 Å². The molecule has 0 saturated carbocycles. The zero-order valence-corrected chi connectivity index (χ0v) is 15.2. The molecule has 2 nitrogen and oxygen atoms in total. The Morgan fingerprint density at radius 2 is 1.77 bits per heavy atom.